The first-order valence-electron chi connectivity index (χ1n) is 13.9. The molecule has 1 amide bonds. The standard InChI is InChI=1S/C22H35N5O2.C8H7NO/c1-21(2)14-22(3,4)19(21)25-18(29)15-11-23-20(24-12-15)26-8-5-16(6-9-26)27-10-7-17(28)13-27;1-6-4-8(10)3-2-7(6)5-9/h11-12,16-17,19,28H,5-10,13-14H2,1-4H3,(H,25,29);2-4,10H,1H3. The number of aromatic hydroxyl groups is 1. The Morgan fingerprint density at radius 1 is 1.08 bits per heavy atom. The number of aromatic nitrogens is 2. The number of aryl methyl sites for hydroxylation is 1. The third kappa shape index (κ3) is 6.68. The van der Waals surface area contributed by atoms with Crippen molar-refractivity contribution in [2.75, 3.05) is 31.1 Å². The van der Waals surface area contributed by atoms with E-state index < -0.39 is 0 Å². The van der Waals surface area contributed by atoms with Gasteiger partial charge >= 0.3 is 0 Å². The minimum absolute atomic E-state index is 0.0892. The monoisotopic (exact) mass is 534 g/mol. The Morgan fingerprint density at radius 2 is 1.72 bits per heavy atom. The number of nitrogens with one attached hydrogen (secondary N) is 1. The molecule has 3 fully saturated rings. The Labute approximate surface area is 231 Å². The molecule has 3 heterocycles. The normalized spacial score (nSPS) is 22.8. The molecule has 0 radical (unpaired) electrons. The maximum atomic E-state index is 12.7. The van der Waals surface area contributed by atoms with Crippen LogP contribution >= 0.6 is 0 Å². The molecule has 1 unspecified atom stereocenters. The first-order valence-corrected chi connectivity index (χ1v) is 13.9. The molecule has 0 bridgehead atoms. The summed E-state index contributed by atoms with van der Waals surface area (Å²) in [6.45, 7) is 14.2. The zero-order valence-corrected chi connectivity index (χ0v) is 23.8. The van der Waals surface area contributed by atoms with Crippen molar-refractivity contribution in [3.8, 4) is 11.8 Å². The van der Waals surface area contributed by atoms with Crippen molar-refractivity contribution in [1.82, 2.24) is 20.2 Å². The minimum Gasteiger partial charge on any atom is -0.508 e. The molecule has 1 aromatic heterocycles. The van der Waals surface area contributed by atoms with Crippen LogP contribution in [0.3, 0.4) is 0 Å². The van der Waals surface area contributed by atoms with Crippen LogP contribution in [0.5, 0.6) is 5.75 Å². The molecule has 5 rings (SSSR count). The number of amides is 1. The summed E-state index contributed by atoms with van der Waals surface area (Å²) in [4.78, 5) is 26.3. The molecule has 2 saturated heterocycles. The molecule has 2 aliphatic heterocycles. The van der Waals surface area contributed by atoms with Gasteiger partial charge in [-0.05, 0) is 67.2 Å². The molecular formula is C30H42N6O3. The van der Waals surface area contributed by atoms with Gasteiger partial charge in [-0.15, -0.1) is 0 Å². The largest absolute Gasteiger partial charge is 0.508 e. The second kappa shape index (κ2) is 11.5. The molecule has 0 spiro atoms. The lowest BCUT2D eigenvalue weighted by atomic mass is 9.52. The molecule has 2 aromatic rings. The Morgan fingerprint density at radius 3 is 2.23 bits per heavy atom. The fourth-order valence-electron chi connectivity index (χ4n) is 6.82. The summed E-state index contributed by atoms with van der Waals surface area (Å²) >= 11 is 0. The maximum Gasteiger partial charge on any atom is 0.254 e. The van der Waals surface area contributed by atoms with E-state index in [9.17, 15) is 9.90 Å². The quantitative estimate of drug-likeness (QED) is 0.543. The van der Waals surface area contributed by atoms with E-state index in [1.807, 2.05) is 6.07 Å². The van der Waals surface area contributed by atoms with E-state index in [-0.39, 0.29) is 34.6 Å². The highest BCUT2D eigenvalue weighted by molar-refractivity contribution is 5.94. The number of carbonyl (C=O) groups excluding carboxylic acids is 1. The zero-order valence-electron chi connectivity index (χ0n) is 23.8. The number of anilines is 1. The van der Waals surface area contributed by atoms with Gasteiger partial charge in [0, 0.05) is 50.7 Å². The highest BCUT2D eigenvalue weighted by Crippen LogP contribution is 2.53. The number of phenolic OH excluding ortho intramolecular Hbond substituents is 1. The Kier molecular flexibility index (Phi) is 8.48. The number of nitrogens with zero attached hydrogens (tertiary/aromatic N) is 5. The third-order valence-electron chi connectivity index (χ3n) is 8.44. The lowest BCUT2D eigenvalue weighted by Crippen LogP contribution is -2.63. The average Bonchev–Trinajstić information content (AvgIpc) is 3.33. The van der Waals surface area contributed by atoms with Crippen LogP contribution in [0.1, 0.15) is 74.9 Å². The number of aliphatic hydroxyl groups is 1. The van der Waals surface area contributed by atoms with E-state index in [2.05, 4.69) is 52.8 Å². The lowest BCUT2D eigenvalue weighted by molar-refractivity contribution is -0.0366. The summed E-state index contributed by atoms with van der Waals surface area (Å²) in [5.74, 6) is 0.816. The van der Waals surface area contributed by atoms with Gasteiger partial charge in [-0.25, -0.2) is 9.97 Å². The maximum absolute atomic E-state index is 12.7. The van der Waals surface area contributed by atoms with E-state index in [1.165, 1.54) is 6.07 Å². The van der Waals surface area contributed by atoms with Gasteiger partial charge in [-0.1, -0.05) is 27.7 Å². The van der Waals surface area contributed by atoms with Crippen molar-refractivity contribution in [2.45, 2.75) is 78.5 Å². The molecule has 1 aliphatic carbocycles. The predicted molar refractivity (Wildman–Crippen MR) is 150 cm³/mol. The van der Waals surface area contributed by atoms with Crippen molar-refractivity contribution in [3.05, 3.63) is 47.3 Å². The first kappa shape index (κ1) is 28.8. The van der Waals surface area contributed by atoms with Crippen molar-refractivity contribution in [1.29, 1.82) is 5.26 Å². The highest BCUT2D eigenvalue weighted by Gasteiger charge is 2.53. The summed E-state index contributed by atoms with van der Waals surface area (Å²) in [6, 6.07) is 7.39. The smallest absolute Gasteiger partial charge is 0.254 e. The number of likely N-dealkylation sites (tertiary alicyclic amines) is 1. The lowest BCUT2D eigenvalue weighted by Gasteiger charge is -2.57. The second-order valence-corrected chi connectivity index (χ2v) is 12.6. The fraction of sp³-hybridized carbons (Fsp3) is 0.600. The van der Waals surface area contributed by atoms with Crippen LogP contribution in [-0.2, 0) is 0 Å². The van der Waals surface area contributed by atoms with Crippen LogP contribution < -0.4 is 10.2 Å². The summed E-state index contributed by atoms with van der Waals surface area (Å²) in [6.07, 6.45) is 7.26. The van der Waals surface area contributed by atoms with Crippen LogP contribution in [0.2, 0.25) is 0 Å². The number of rotatable bonds is 4. The molecule has 210 valence electrons. The molecule has 9 heteroatoms. The molecule has 1 atom stereocenters. The Hall–Kier alpha value is -3.22. The molecule has 3 N–H and O–H groups in total. The van der Waals surface area contributed by atoms with Crippen LogP contribution in [0.25, 0.3) is 0 Å². The Bertz CT molecular complexity index is 1180. The topological polar surface area (TPSA) is 126 Å². The van der Waals surface area contributed by atoms with E-state index in [4.69, 9.17) is 10.4 Å². The number of β-amino-alcohol motifs (C(OH)–C–C–N with tert-alkyl or cyclic N) is 1. The van der Waals surface area contributed by atoms with E-state index in [0.29, 0.717) is 23.1 Å². The fourth-order valence-corrected chi connectivity index (χ4v) is 6.82. The van der Waals surface area contributed by atoms with Crippen molar-refractivity contribution < 1.29 is 15.0 Å². The number of hydrogen-bond donors (Lipinski definition) is 3. The number of carbonyl (C=O) groups is 1. The molecule has 1 saturated carbocycles. The predicted octanol–water partition coefficient (Wildman–Crippen LogP) is 3.64. The number of nitriles is 1. The first-order chi connectivity index (χ1) is 18.4. The molecule has 3 aliphatic rings. The van der Waals surface area contributed by atoms with Gasteiger partial charge in [0.25, 0.3) is 5.91 Å². The van der Waals surface area contributed by atoms with E-state index in [0.717, 1.165) is 57.4 Å². The van der Waals surface area contributed by atoms with Gasteiger partial charge in [0.2, 0.25) is 5.95 Å². The summed E-state index contributed by atoms with van der Waals surface area (Å²) < 4.78 is 0. The van der Waals surface area contributed by atoms with Gasteiger partial charge in [-0.2, -0.15) is 5.26 Å². The van der Waals surface area contributed by atoms with E-state index in [1.54, 1.807) is 31.5 Å². The minimum atomic E-state index is -0.161. The molecule has 1 aromatic carbocycles. The molecule has 39 heavy (non-hydrogen) atoms. The van der Waals surface area contributed by atoms with Crippen LogP contribution in [0, 0.1) is 29.1 Å². The van der Waals surface area contributed by atoms with Gasteiger partial charge in [-0.3, -0.25) is 9.69 Å². The summed E-state index contributed by atoms with van der Waals surface area (Å²) in [5.41, 5.74) is 2.18. The van der Waals surface area contributed by atoms with Gasteiger partial charge in [0.1, 0.15) is 5.75 Å². The van der Waals surface area contributed by atoms with Crippen molar-refractivity contribution >= 4 is 11.9 Å². The van der Waals surface area contributed by atoms with Crippen molar-refractivity contribution in [3.63, 3.8) is 0 Å². The van der Waals surface area contributed by atoms with Gasteiger partial charge < -0.3 is 20.4 Å². The van der Waals surface area contributed by atoms with Gasteiger partial charge in [0.05, 0.1) is 23.3 Å². The van der Waals surface area contributed by atoms with Crippen LogP contribution in [0.15, 0.2) is 30.6 Å². The SMILES string of the molecule is CC1(C)CC(C)(C)C1NC(=O)c1cnc(N2CCC(N3CCC(O)C3)CC2)nc1.Cc1cc(O)ccc1C#N. The Balaban J connectivity index is 0.000000298. The third-order valence-corrected chi connectivity index (χ3v) is 8.44. The molecule has 9 nitrogen and oxygen atoms in total. The number of piperidine rings is 1. The number of benzene rings is 1. The summed E-state index contributed by atoms with van der Waals surface area (Å²) in [5, 5.41) is 30.4. The highest BCUT2D eigenvalue weighted by atomic mass is 16.3. The zero-order chi connectivity index (χ0) is 28.4. The number of phenols is 1. The van der Waals surface area contributed by atoms with Crippen LogP contribution in [-0.4, -0.2) is 75.4 Å². The number of aliphatic hydroxyl groups excluding tert-OH is 1. The average molecular weight is 535 g/mol. The number of hydrogen-bond acceptors (Lipinski definition) is 8. The van der Waals surface area contributed by atoms with Crippen LogP contribution in [0.4, 0.5) is 5.95 Å². The van der Waals surface area contributed by atoms with Crippen molar-refractivity contribution in [2.24, 2.45) is 10.8 Å². The molecular weight excluding hydrogens is 492 g/mol. The van der Waals surface area contributed by atoms with Gasteiger partial charge in [0.15, 0.2) is 0 Å². The summed E-state index contributed by atoms with van der Waals surface area (Å²) in [7, 11) is 0. The second-order valence-electron chi connectivity index (χ2n) is 12.6. The van der Waals surface area contributed by atoms with E-state index >= 15 is 0 Å².